The Hall–Kier alpha value is -3.32. The molecular weight excluding hydrogens is 360 g/mol. The Kier molecular flexibility index (Phi) is 4.99. The van der Waals surface area contributed by atoms with E-state index in [1.165, 1.54) is 6.07 Å². The quantitative estimate of drug-likeness (QED) is 0.750. The van der Waals surface area contributed by atoms with Gasteiger partial charge in [-0.25, -0.2) is 0 Å². The highest BCUT2D eigenvalue weighted by Gasteiger charge is 2.17. The van der Waals surface area contributed by atoms with Gasteiger partial charge in [-0.1, -0.05) is 12.1 Å². The molecule has 0 radical (unpaired) electrons. The summed E-state index contributed by atoms with van der Waals surface area (Å²) in [6, 6.07) is 13.6. The van der Waals surface area contributed by atoms with Gasteiger partial charge in [0.1, 0.15) is 11.3 Å². The predicted molar refractivity (Wildman–Crippen MR) is 106 cm³/mol. The zero-order valence-corrected chi connectivity index (χ0v) is 15.4. The van der Waals surface area contributed by atoms with Crippen LogP contribution < -0.4 is 20.4 Å². The fourth-order valence-corrected chi connectivity index (χ4v) is 3.20. The maximum atomic E-state index is 12.6. The van der Waals surface area contributed by atoms with E-state index in [-0.39, 0.29) is 11.2 Å². The van der Waals surface area contributed by atoms with Crippen molar-refractivity contribution < 1.29 is 18.7 Å². The second-order valence-electron chi connectivity index (χ2n) is 6.41. The Labute approximate surface area is 161 Å². The highest BCUT2D eigenvalue weighted by atomic mass is 16.5. The Morgan fingerprint density at radius 2 is 1.89 bits per heavy atom. The number of hydrogen-bond donors (Lipinski definition) is 1. The molecule has 0 unspecified atom stereocenters. The molecule has 7 nitrogen and oxygen atoms in total. The molecule has 0 bridgehead atoms. The molecular formula is C21H20N2O5. The zero-order valence-electron chi connectivity index (χ0n) is 15.4. The average molecular weight is 380 g/mol. The molecule has 4 rings (SSSR count). The van der Waals surface area contributed by atoms with E-state index in [1.54, 1.807) is 37.4 Å². The van der Waals surface area contributed by atoms with Crippen molar-refractivity contribution >= 4 is 28.3 Å². The Morgan fingerprint density at radius 1 is 1.11 bits per heavy atom. The number of nitrogens with one attached hydrogen (secondary N) is 1. The summed E-state index contributed by atoms with van der Waals surface area (Å²) < 4.78 is 16.4. The van der Waals surface area contributed by atoms with Gasteiger partial charge in [0.25, 0.3) is 5.91 Å². The lowest BCUT2D eigenvalue weighted by molar-refractivity contribution is 0.0997. The lowest BCUT2D eigenvalue weighted by Gasteiger charge is -2.29. The van der Waals surface area contributed by atoms with E-state index in [2.05, 4.69) is 10.2 Å². The van der Waals surface area contributed by atoms with Gasteiger partial charge in [-0.15, -0.1) is 0 Å². The first kappa shape index (κ1) is 18.1. The van der Waals surface area contributed by atoms with Crippen molar-refractivity contribution in [3.05, 3.63) is 64.5 Å². The SMILES string of the molecule is COc1cc(N2CCOCC2)ccc1NC(=O)c1cc(=O)c2ccccc2o1. The van der Waals surface area contributed by atoms with Crippen LogP contribution in [-0.2, 0) is 4.74 Å². The third-order valence-electron chi connectivity index (χ3n) is 4.67. The van der Waals surface area contributed by atoms with Crippen molar-refractivity contribution in [2.45, 2.75) is 0 Å². The van der Waals surface area contributed by atoms with E-state index in [0.29, 0.717) is 35.6 Å². The number of fused-ring (bicyclic) bond motifs is 1. The topological polar surface area (TPSA) is 81.0 Å². The van der Waals surface area contributed by atoms with Crippen LogP contribution in [0.3, 0.4) is 0 Å². The van der Waals surface area contributed by atoms with E-state index in [9.17, 15) is 9.59 Å². The minimum Gasteiger partial charge on any atom is -0.494 e. The molecule has 1 amide bonds. The van der Waals surface area contributed by atoms with Crippen molar-refractivity contribution in [3.63, 3.8) is 0 Å². The van der Waals surface area contributed by atoms with Crippen LogP contribution in [0.4, 0.5) is 11.4 Å². The van der Waals surface area contributed by atoms with Gasteiger partial charge < -0.3 is 24.1 Å². The molecule has 1 aliphatic rings. The molecule has 1 fully saturated rings. The number of ether oxygens (including phenoxy) is 2. The Morgan fingerprint density at radius 3 is 2.68 bits per heavy atom. The van der Waals surface area contributed by atoms with Crippen molar-refractivity contribution in [2.24, 2.45) is 0 Å². The molecule has 1 saturated heterocycles. The maximum absolute atomic E-state index is 12.6. The van der Waals surface area contributed by atoms with E-state index in [4.69, 9.17) is 13.9 Å². The monoisotopic (exact) mass is 380 g/mol. The fraction of sp³-hybridized carbons (Fsp3) is 0.238. The van der Waals surface area contributed by atoms with Crippen molar-refractivity contribution in [1.29, 1.82) is 0 Å². The maximum Gasteiger partial charge on any atom is 0.291 e. The van der Waals surface area contributed by atoms with Gasteiger partial charge in [0.15, 0.2) is 11.2 Å². The Bertz CT molecular complexity index is 1070. The van der Waals surface area contributed by atoms with E-state index >= 15 is 0 Å². The van der Waals surface area contributed by atoms with Gasteiger partial charge in [-0.2, -0.15) is 0 Å². The summed E-state index contributed by atoms with van der Waals surface area (Å²) in [5.41, 5.74) is 1.60. The summed E-state index contributed by atoms with van der Waals surface area (Å²) in [6.45, 7) is 2.97. The van der Waals surface area contributed by atoms with Crippen LogP contribution in [0.5, 0.6) is 5.75 Å². The highest BCUT2D eigenvalue weighted by Crippen LogP contribution is 2.30. The summed E-state index contributed by atoms with van der Waals surface area (Å²) in [5, 5.41) is 3.20. The van der Waals surface area contributed by atoms with Gasteiger partial charge >= 0.3 is 0 Å². The molecule has 144 valence electrons. The minimum absolute atomic E-state index is 0.0528. The van der Waals surface area contributed by atoms with Gasteiger partial charge in [0.2, 0.25) is 0 Å². The lowest BCUT2D eigenvalue weighted by atomic mass is 10.2. The standard InChI is InChI=1S/C21H20N2O5/c1-26-19-12-14(23-8-10-27-11-9-23)6-7-16(19)22-21(25)20-13-17(24)15-4-2-3-5-18(15)28-20/h2-7,12-13H,8-11H2,1H3,(H,22,25). The molecule has 3 aromatic rings. The highest BCUT2D eigenvalue weighted by molar-refractivity contribution is 6.03. The van der Waals surface area contributed by atoms with E-state index < -0.39 is 5.91 Å². The van der Waals surface area contributed by atoms with Crippen molar-refractivity contribution in [2.75, 3.05) is 43.6 Å². The van der Waals surface area contributed by atoms with Gasteiger partial charge in [0.05, 0.1) is 31.4 Å². The first-order valence-electron chi connectivity index (χ1n) is 9.01. The number of para-hydroxylation sites is 1. The smallest absolute Gasteiger partial charge is 0.291 e. The number of carbonyl (C=O) groups excluding carboxylic acids is 1. The summed E-state index contributed by atoms with van der Waals surface area (Å²) in [6.07, 6.45) is 0. The molecule has 1 aromatic heterocycles. The van der Waals surface area contributed by atoms with Crippen molar-refractivity contribution in [3.8, 4) is 5.75 Å². The first-order chi connectivity index (χ1) is 13.7. The normalized spacial score (nSPS) is 14.1. The summed E-state index contributed by atoms with van der Waals surface area (Å²) in [4.78, 5) is 27.1. The van der Waals surface area contributed by atoms with E-state index in [0.717, 1.165) is 18.8 Å². The van der Waals surface area contributed by atoms with Crippen molar-refractivity contribution in [1.82, 2.24) is 0 Å². The van der Waals surface area contributed by atoms with Crippen LogP contribution in [-0.4, -0.2) is 39.3 Å². The fourth-order valence-electron chi connectivity index (χ4n) is 3.20. The van der Waals surface area contributed by atoms with Crippen LogP contribution in [0.1, 0.15) is 10.6 Å². The number of amides is 1. The molecule has 0 aliphatic carbocycles. The zero-order chi connectivity index (χ0) is 19.5. The summed E-state index contributed by atoms with van der Waals surface area (Å²) in [5.74, 6) is -0.0382. The second kappa shape index (κ2) is 7.74. The molecule has 0 spiro atoms. The summed E-state index contributed by atoms with van der Waals surface area (Å²) in [7, 11) is 1.55. The third-order valence-corrected chi connectivity index (χ3v) is 4.67. The van der Waals surface area contributed by atoms with Crippen LogP contribution in [0.15, 0.2) is 57.7 Å². The number of morpholine rings is 1. The van der Waals surface area contributed by atoms with Crippen LogP contribution >= 0.6 is 0 Å². The largest absolute Gasteiger partial charge is 0.494 e. The number of hydrogen-bond acceptors (Lipinski definition) is 6. The Balaban J connectivity index is 1.59. The average Bonchev–Trinajstić information content (AvgIpc) is 2.74. The molecule has 1 N–H and O–H groups in total. The number of methoxy groups -OCH3 is 1. The van der Waals surface area contributed by atoms with Crippen LogP contribution in [0, 0.1) is 0 Å². The second-order valence-corrected chi connectivity index (χ2v) is 6.41. The van der Waals surface area contributed by atoms with Crippen LogP contribution in [0.2, 0.25) is 0 Å². The van der Waals surface area contributed by atoms with Crippen LogP contribution in [0.25, 0.3) is 11.0 Å². The summed E-state index contributed by atoms with van der Waals surface area (Å²) >= 11 is 0. The lowest BCUT2D eigenvalue weighted by Crippen LogP contribution is -2.36. The van der Waals surface area contributed by atoms with Gasteiger partial charge in [0, 0.05) is 30.9 Å². The third kappa shape index (κ3) is 3.57. The first-order valence-corrected chi connectivity index (χ1v) is 9.01. The number of rotatable bonds is 4. The number of anilines is 2. The molecule has 7 heteroatoms. The van der Waals surface area contributed by atoms with E-state index in [1.807, 2.05) is 12.1 Å². The van der Waals surface area contributed by atoms with Gasteiger partial charge in [-0.05, 0) is 24.3 Å². The molecule has 0 atom stereocenters. The predicted octanol–water partition coefficient (Wildman–Crippen LogP) is 2.89. The molecule has 2 aromatic carbocycles. The molecule has 0 saturated carbocycles. The number of nitrogens with zero attached hydrogens (tertiary/aromatic N) is 1. The number of carbonyl (C=O) groups is 1. The van der Waals surface area contributed by atoms with Gasteiger partial charge in [-0.3, -0.25) is 9.59 Å². The number of benzene rings is 2. The molecule has 1 aliphatic heterocycles. The minimum atomic E-state index is -0.514. The molecule has 2 heterocycles. The molecule has 28 heavy (non-hydrogen) atoms.